The Morgan fingerprint density at radius 1 is 1.42 bits per heavy atom. The van der Waals surface area contributed by atoms with Crippen molar-refractivity contribution in [1.29, 1.82) is 0 Å². The Balaban J connectivity index is 2.23. The SMILES string of the molecule is Cc1[nH]c(=O)sc1S(=O)(=O)NC1CCCS(=O)(=O)C1. The molecule has 0 radical (unpaired) electrons. The molecule has 2 heterocycles. The van der Waals surface area contributed by atoms with Crippen LogP contribution in [0.25, 0.3) is 0 Å². The third kappa shape index (κ3) is 3.44. The zero-order valence-corrected chi connectivity index (χ0v) is 12.6. The van der Waals surface area contributed by atoms with Gasteiger partial charge in [0.15, 0.2) is 14.0 Å². The van der Waals surface area contributed by atoms with Gasteiger partial charge in [0.1, 0.15) is 0 Å². The van der Waals surface area contributed by atoms with Crippen LogP contribution in [0.5, 0.6) is 0 Å². The Kier molecular flexibility index (Phi) is 3.87. The highest BCUT2D eigenvalue weighted by molar-refractivity contribution is 7.92. The molecule has 1 aliphatic rings. The zero-order valence-electron chi connectivity index (χ0n) is 10.2. The minimum Gasteiger partial charge on any atom is -0.315 e. The molecule has 0 spiro atoms. The van der Waals surface area contributed by atoms with Crippen molar-refractivity contribution in [3.63, 3.8) is 0 Å². The van der Waals surface area contributed by atoms with Gasteiger partial charge < -0.3 is 4.98 Å². The first-order valence-corrected chi connectivity index (χ1v) is 9.74. The highest BCUT2D eigenvalue weighted by Crippen LogP contribution is 2.19. The van der Waals surface area contributed by atoms with Gasteiger partial charge in [0.25, 0.3) is 10.0 Å². The van der Waals surface area contributed by atoms with Gasteiger partial charge in [-0.15, -0.1) is 0 Å². The van der Waals surface area contributed by atoms with Crippen LogP contribution in [0.15, 0.2) is 9.00 Å². The van der Waals surface area contributed by atoms with Gasteiger partial charge in [-0.25, -0.2) is 21.6 Å². The van der Waals surface area contributed by atoms with Crippen LogP contribution in [0.2, 0.25) is 0 Å². The standard InChI is InChI=1S/C9H14N2O5S3/c1-6-8(17-9(12)10-6)19(15,16)11-7-3-2-4-18(13,14)5-7/h7,11H,2-5H2,1H3,(H,10,12). The maximum absolute atomic E-state index is 12.1. The number of aryl methyl sites for hydroxylation is 1. The molecule has 0 bridgehead atoms. The quantitative estimate of drug-likeness (QED) is 0.785. The first kappa shape index (κ1) is 14.7. The fraction of sp³-hybridized carbons (Fsp3) is 0.667. The molecule has 1 aromatic heterocycles. The molecular formula is C9H14N2O5S3. The lowest BCUT2D eigenvalue weighted by Gasteiger charge is -2.22. The fourth-order valence-corrected chi connectivity index (χ4v) is 6.37. The zero-order chi connectivity index (χ0) is 14.3. The van der Waals surface area contributed by atoms with Crippen LogP contribution in [-0.2, 0) is 19.9 Å². The molecule has 1 atom stereocenters. The molecule has 1 aliphatic heterocycles. The van der Waals surface area contributed by atoms with Gasteiger partial charge in [-0.3, -0.25) is 4.79 Å². The molecule has 0 aliphatic carbocycles. The van der Waals surface area contributed by atoms with Crippen molar-refractivity contribution in [2.45, 2.75) is 30.0 Å². The van der Waals surface area contributed by atoms with Crippen LogP contribution in [0.4, 0.5) is 0 Å². The molecular weight excluding hydrogens is 312 g/mol. The summed E-state index contributed by atoms with van der Waals surface area (Å²) in [6.07, 6.45) is 0.925. The van der Waals surface area contributed by atoms with E-state index in [0.29, 0.717) is 24.2 Å². The van der Waals surface area contributed by atoms with Gasteiger partial charge in [0.2, 0.25) is 0 Å². The van der Waals surface area contributed by atoms with Crippen molar-refractivity contribution in [2.75, 3.05) is 11.5 Å². The van der Waals surface area contributed by atoms with Gasteiger partial charge in [0.05, 0.1) is 11.5 Å². The average Bonchev–Trinajstić information content (AvgIpc) is 2.56. The normalized spacial score (nSPS) is 23.3. The van der Waals surface area contributed by atoms with Crippen LogP contribution in [0, 0.1) is 6.92 Å². The Morgan fingerprint density at radius 2 is 2.11 bits per heavy atom. The minimum absolute atomic E-state index is 0.0829. The molecule has 2 N–H and O–H groups in total. The Hall–Kier alpha value is -0.710. The summed E-state index contributed by atoms with van der Waals surface area (Å²) in [5.41, 5.74) is 0.265. The molecule has 1 saturated heterocycles. The number of sulfonamides is 1. The minimum atomic E-state index is -3.85. The van der Waals surface area contributed by atoms with Crippen molar-refractivity contribution in [2.24, 2.45) is 0 Å². The van der Waals surface area contributed by atoms with E-state index in [2.05, 4.69) is 9.71 Å². The molecule has 108 valence electrons. The lowest BCUT2D eigenvalue weighted by Crippen LogP contribution is -2.43. The second-order valence-corrected chi connectivity index (χ2v) is 9.62. The average molecular weight is 326 g/mol. The monoisotopic (exact) mass is 326 g/mol. The third-order valence-electron chi connectivity index (χ3n) is 2.81. The largest absolute Gasteiger partial charge is 0.315 e. The number of aromatic amines is 1. The number of aromatic nitrogens is 1. The van der Waals surface area contributed by atoms with Gasteiger partial charge >= 0.3 is 4.87 Å². The van der Waals surface area contributed by atoms with Crippen molar-refractivity contribution in [3.8, 4) is 0 Å². The van der Waals surface area contributed by atoms with Gasteiger partial charge in [-0.1, -0.05) is 11.3 Å². The van der Waals surface area contributed by atoms with Gasteiger partial charge in [-0.05, 0) is 19.8 Å². The summed E-state index contributed by atoms with van der Waals surface area (Å²) in [5, 5.41) is 0. The van der Waals surface area contributed by atoms with Crippen molar-refractivity contribution in [3.05, 3.63) is 15.4 Å². The summed E-state index contributed by atoms with van der Waals surface area (Å²) >= 11 is 0.599. The van der Waals surface area contributed by atoms with Crippen LogP contribution >= 0.6 is 11.3 Å². The number of thiazole rings is 1. The maximum Gasteiger partial charge on any atom is 0.305 e. The first-order chi connectivity index (χ1) is 8.70. The van der Waals surface area contributed by atoms with E-state index in [1.807, 2.05) is 0 Å². The second kappa shape index (κ2) is 5.00. The van der Waals surface area contributed by atoms with E-state index in [0.717, 1.165) is 0 Å². The van der Waals surface area contributed by atoms with Gasteiger partial charge in [-0.2, -0.15) is 0 Å². The van der Waals surface area contributed by atoms with E-state index in [1.54, 1.807) is 0 Å². The fourth-order valence-electron chi connectivity index (χ4n) is 2.04. The third-order valence-corrected chi connectivity index (χ3v) is 7.76. The molecule has 0 saturated carbocycles. The van der Waals surface area contributed by atoms with Crippen molar-refractivity contribution >= 4 is 31.2 Å². The lowest BCUT2D eigenvalue weighted by atomic mass is 10.2. The van der Waals surface area contributed by atoms with E-state index in [1.165, 1.54) is 6.92 Å². The van der Waals surface area contributed by atoms with E-state index in [9.17, 15) is 21.6 Å². The number of rotatable bonds is 3. The molecule has 1 fully saturated rings. The first-order valence-electron chi connectivity index (χ1n) is 5.62. The molecule has 19 heavy (non-hydrogen) atoms. The van der Waals surface area contributed by atoms with Crippen LogP contribution in [-0.4, -0.2) is 39.4 Å². The predicted molar refractivity (Wildman–Crippen MR) is 71.7 cm³/mol. The Morgan fingerprint density at radius 3 is 2.63 bits per heavy atom. The van der Waals surface area contributed by atoms with Crippen LogP contribution < -0.4 is 9.60 Å². The van der Waals surface area contributed by atoms with E-state index in [4.69, 9.17) is 0 Å². The summed E-state index contributed by atoms with van der Waals surface area (Å²) in [4.78, 5) is 13.1. The highest BCUT2D eigenvalue weighted by Gasteiger charge is 2.30. The topological polar surface area (TPSA) is 113 Å². The lowest BCUT2D eigenvalue weighted by molar-refractivity contribution is 0.518. The second-order valence-electron chi connectivity index (χ2n) is 4.50. The van der Waals surface area contributed by atoms with Crippen LogP contribution in [0.1, 0.15) is 18.5 Å². The summed E-state index contributed by atoms with van der Waals surface area (Å²) in [7, 11) is -7.03. The van der Waals surface area contributed by atoms with E-state index in [-0.39, 0.29) is 21.4 Å². The van der Waals surface area contributed by atoms with E-state index < -0.39 is 30.8 Å². The molecule has 2 rings (SSSR count). The summed E-state index contributed by atoms with van der Waals surface area (Å²) in [5.74, 6) is -0.0909. The van der Waals surface area contributed by atoms with E-state index >= 15 is 0 Å². The smallest absolute Gasteiger partial charge is 0.305 e. The summed E-state index contributed by atoms with van der Waals surface area (Å²) in [6, 6.07) is -0.625. The molecule has 0 amide bonds. The van der Waals surface area contributed by atoms with Crippen LogP contribution in [0.3, 0.4) is 0 Å². The molecule has 0 aromatic carbocycles. The molecule has 10 heteroatoms. The molecule has 7 nitrogen and oxygen atoms in total. The Bertz CT molecular complexity index is 728. The molecule has 1 unspecified atom stereocenters. The van der Waals surface area contributed by atoms with Crippen molar-refractivity contribution in [1.82, 2.24) is 9.71 Å². The number of H-pyrrole nitrogens is 1. The number of sulfone groups is 1. The number of nitrogens with one attached hydrogen (secondary N) is 2. The number of hydrogen-bond donors (Lipinski definition) is 2. The maximum atomic E-state index is 12.1. The van der Waals surface area contributed by atoms with Crippen molar-refractivity contribution < 1.29 is 16.8 Å². The summed E-state index contributed by atoms with van der Waals surface area (Å²) in [6.45, 7) is 1.49. The Labute approximate surface area is 115 Å². The molecule has 1 aromatic rings. The number of hydrogen-bond acceptors (Lipinski definition) is 6. The highest BCUT2D eigenvalue weighted by atomic mass is 32.2. The predicted octanol–water partition coefficient (Wildman–Crippen LogP) is -0.400. The summed E-state index contributed by atoms with van der Waals surface area (Å²) < 4.78 is 49.4. The van der Waals surface area contributed by atoms with Gasteiger partial charge in [0, 0.05) is 11.7 Å².